The van der Waals surface area contributed by atoms with Crippen molar-refractivity contribution in [3.05, 3.63) is 54.1 Å². The molecule has 2 aromatic rings. The molecule has 21 heavy (non-hydrogen) atoms. The smallest absolute Gasteiger partial charge is 0.207 e. The van der Waals surface area contributed by atoms with E-state index in [0.717, 1.165) is 5.56 Å². The predicted octanol–water partition coefficient (Wildman–Crippen LogP) is 2.01. The molecule has 2 rings (SSSR count). The van der Waals surface area contributed by atoms with E-state index in [1.54, 1.807) is 30.6 Å². The molecule has 1 amide bonds. The molecule has 110 valence electrons. The summed E-state index contributed by atoms with van der Waals surface area (Å²) >= 11 is 0. The summed E-state index contributed by atoms with van der Waals surface area (Å²) in [6.07, 6.45) is 2.01. The highest BCUT2D eigenvalue weighted by molar-refractivity contribution is 5.62. The molecule has 2 N–H and O–H groups in total. The Morgan fingerprint density at radius 3 is 2.71 bits per heavy atom. The van der Waals surface area contributed by atoms with Crippen molar-refractivity contribution >= 4 is 6.41 Å². The van der Waals surface area contributed by atoms with Crippen LogP contribution in [0.3, 0.4) is 0 Å². The number of aromatic nitrogens is 1. The Morgan fingerprint density at radius 1 is 1.33 bits per heavy atom. The highest BCUT2D eigenvalue weighted by Crippen LogP contribution is 2.26. The monoisotopic (exact) mass is 292 g/mol. The SMILES string of the molecule is O=CNC(CF)C(O)c1ccc(-c2cccnc2)cc1F. The van der Waals surface area contributed by atoms with Crippen LogP contribution in [0.2, 0.25) is 0 Å². The van der Waals surface area contributed by atoms with Gasteiger partial charge in [-0.25, -0.2) is 8.78 Å². The van der Waals surface area contributed by atoms with Crippen molar-refractivity contribution in [3.63, 3.8) is 0 Å². The van der Waals surface area contributed by atoms with Gasteiger partial charge in [0.15, 0.2) is 0 Å². The molecule has 1 aromatic heterocycles. The van der Waals surface area contributed by atoms with Gasteiger partial charge in [-0.15, -0.1) is 0 Å². The number of aliphatic hydroxyl groups is 1. The summed E-state index contributed by atoms with van der Waals surface area (Å²) in [5.41, 5.74) is 1.25. The topological polar surface area (TPSA) is 62.2 Å². The zero-order valence-electron chi connectivity index (χ0n) is 11.0. The molecule has 0 aliphatic heterocycles. The van der Waals surface area contributed by atoms with Gasteiger partial charge in [0.05, 0.1) is 6.04 Å². The lowest BCUT2D eigenvalue weighted by molar-refractivity contribution is -0.111. The third-order valence-electron chi connectivity index (χ3n) is 3.14. The van der Waals surface area contributed by atoms with Crippen LogP contribution in [0.1, 0.15) is 11.7 Å². The number of halogens is 2. The van der Waals surface area contributed by atoms with Crippen molar-refractivity contribution < 1.29 is 18.7 Å². The summed E-state index contributed by atoms with van der Waals surface area (Å²) < 4.78 is 26.8. The average Bonchev–Trinajstić information content (AvgIpc) is 2.52. The highest BCUT2D eigenvalue weighted by Gasteiger charge is 2.23. The molecule has 2 unspecified atom stereocenters. The number of benzene rings is 1. The maximum Gasteiger partial charge on any atom is 0.207 e. The number of hydrogen-bond donors (Lipinski definition) is 2. The average molecular weight is 292 g/mol. The molecular formula is C15H14F2N2O2. The summed E-state index contributed by atoms with van der Waals surface area (Å²) in [4.78, 5) is 14.3. The van der Waals surface area contributed by atoms with Crippen LogP contribution in [0.15, 0.2) is 42.7 Å². The van der Waals surface area contributed by atoms with Crippen LogP contribution in [0.5, 0.6) is 0 Å². The highest BCUT2D eigenvalue weighted by atomic mass is 19.1. The molecule has 0 aliphatic carbocycles. The summed E-state index contributed by atoms with van der Waals surface area (Å²) in [7, 11) is 0. The van der Waals surface area contributed by atoms with Crippen LogP contribution >= 0.6 is 0 Å². The Bertz CT molecular complexity index is 608. The molecule has 0 saturated carbocycles. The second-order valence-corrected chi connectivity index (χ2v) is 4.47. The van der Waals surface area contributed by atoms with Crippen molar-refractivity contribution in [1.82, 2.24) is 10.3 Å². The summed E-state index contributed by atoms with van der Waals surface area (Å²) in [6.45, 7) is -0.996. The van der Waals surface area contributed by atoms with E-state index in [1.165, 1.54) is 12.1 Å². The van der Waals surface area contributed by atoms with Crippen molar-refractivity contribution in [2.45, 2.75) is 12.1 Å². The number of carbonyl (C=O) groups excluding carboxylic acids is 1. The summed E-state index contributed by atoms with van der Waals surface area (Å²) in [5.74, 6) is -0.671. The molecule has 0 spiro atoms. The fourth-order valence-corrected chi connectivity index (χ4v) is 2.00. The third kappa shape index (κ3) is 3.41. The first kappa shape index (κ1) is 15.1. The second kappa shape index (κ2) is 6.90. The predicted molar refractivity (Wildman–Crippen MR) is 73.6 cm³/mol. The molecule has 0 bridgehead atoms. The van der Waals surface area contributed by atoms with Crippen LogP contribution in [-0.4, -0.2) is 29.2 Å². The van der Waals surface area contributed by atoms with E-state index in [-0.39, 0.29) is 12.0 Å². The Morgan fingerprint density at radius 2 is 2.14 bits per heavy atom. The van der Waals surface area contributed by atoms with Crippen LogP contribution in [0.25, 0.3) is 11.1 Å². The van der Waals surface area contributed by atoms with Gasteiger partial charge in [-0.1, -0.05) is 18.2 Å². The minimum absolute atomic E-state index is 0.0698. The molecule has 6 heteroatoms. The van der Waals surface area contributed by atoms with E-state index in [4.69, 9.17) is 0 Å². The second-order valence-electron chi connectivity index (χ2n) is 4.47. The lowest BCUT2D eigenvalue weighted by atomic mass is 9.99. The molecule has 0 aliphatic rings. The Labute approximate surface area is 120 Å². The summed E-state index contributed by atoms with van der Waals surface area (Å²) in [6, 6.07) is 6.54. The molecular weight excluding hydrogens is 278 g/mol. The standard InChI is InChI=1S/C15H14F2N2O2/c16-7-14(19-9-20)15(21)12-4-3-10(6-13(12)17)11-2-1-5-18-8-11/h1-6,8-9,14-15,21H,7H2,(H,19,20). The normalized spacial score (nSPS) is 13.5. The first-order valence-corrected chi connectivity index (χ1v) is 6.31. The van der Waals surface area contributed by atoms with E-state index in [1.807, 2.05) is 0 Å². The Balaban J connectivity index is 2.29. The number of amides is 1. The molecule has 1 heterocycles. The van der Waals surface area contributed by atoms with Crippen LogP contribution < -0.4 is 5.32 Å². The number of pyridine rings is 1. The lowest BCUT2D eigenvalue weighted by Crippen LogP contribution is -2.36. The maximum absolute atomic E-state index is 14.1. The fraction of sp³-hybridized carbons (Fsp3) is 0.200. The van der Waals surface area contributed by atoms with E-state index in [2.05, 4.69) is 10.3 Å². The van der Waals surface area contributed by atoms with Gasteiger partial charge in [-0.05, 0) is 17.7 Å². The third-order valence-corrected chi connectivity index (χ3v) is 3.14. The van der Waals surface area contributed by atoms with Crippen molar-refractivity contribution in [1.29, 1.82) is 0 Å². The van der Waals surface area contributed by atoms with Crippen molar-refractivity contribution in [2.75, 3.05) is 6.67 Å². The Hall–Kier alpha value is -2.34. The number of hydrogen-bond acceptors (Lipinski definition) is 3. The van der Waals surface area contributed by atoms with Gasteiger partial charge >= 0.3 is 0 Å². The van der Waals surface area contributed by atoms with E-state index < -0.39 is 24.6 Å². The largest absolute Gasteiger partial charge is 0.386 e. The van der Waals surface area contributed by atoms with Crippen molar-refractivity contribution in [2.24, 2.45) is 0 Å². The number of carbonyl (C=O) groups is 1. The van der Waals surface area contributed by atoms with E-state index in [9.17, 15) is 18.7 Å². The van der Waals surface area contributed by atoms with Gasteiger partial charge in [-0.3, -0.25) is 9.78 Å². The van der Waals surface area contributed by atoms with Gasteiger partial charge in [-0.2, -0.15) is 0 Å². The van der Waals surface area contributed by atoms with Gasteiger partial charge in [0.2, 0.25) is 6.41 Å². The zero-order valence-corrected chi connectivity index (χ0v) is 11.0. The van der Waals surface area contributed by atoms with Crippen LogP contribution in [0, 0.1) is 5.82 Å². The van der Waals surface area contributed by atoms with Gasteiger partial charge in [0.1, 0.15) is 18.6 Å². The number of rotatable bonds is 6. The van der Waals surface area contributed by atoms with Crippen molar-refractivity contribution in [3.8, 4) is 11.1 Å². The van der Waals surface area contributed by atoms with Crippen LogP contribution in [-0.2, 0) is 4.79 Å². The molecule has 0 radical (unpaired) electrons. The molecule has 0 fully saturated rings. The quantitative estimate of drug-likeness (QED) is 0.801. The molecule has 1 aromatic carbocycles. The minimum atomic E-state index is -1.46. The molecule has 0 saturated heterocycles. The molecule has 4 nitrogen and oxygen atoms in total. The number of alkyl halides is 1. The minimum Gasteiger partial charge on any atom is -0.386 e. The number of nitrogens with zero attached hydrogens (tertiary/aromatic N) is 1. The van der Waals surface area contributed by atoms with Crippen LogP contribution in [0.4, 0.5) is 8.78 Å². The number of aliphatic hydroxyl groups excluding tert-OH is 1. The fourth-order valence-electron chi connectivity index (χ4n) is 2.00. The Kier molecular flexibility index (Phi) is 4.94. The van der Waals surface area contributed by atoms with E-state index in [0.29, 0.717) is 5.56 Å². The lowest BCUT2D eigenvalue weighted by Gasteiger charge is -2.20. The maximum atomic E-state index is 14.1. The van der Waals surface area contributed by atoms with Gasteiger partial charge in [0.25, 0.3) is 0 Å². The first-order chi connectivity index (χ1) is 10.2. The van der Waals surface area contributed by atoms with E-state index >= 15 is 0 Å². The first-order valence-electron chi connectivity index (χ1n) is 6.31. The number of nitrogens with one attached hydrogen (secondary N) is 1. The van der Waals surface area contributed by atoms with Gasteiger partial charge < -0.3 is 10.4 Å². The molecule has 2 atom stereocenters. The summed E-state index contributed by atoms with van der Waals surface area (Å²) in [5, 5.41) is 12.1. The zero-order chi connectivity index (χ0) is 15.2. The van der Waals surface area contributed by atoms with Gasteiger partial charge in [0, 0.05) is 23.5 Å².